The number of aliphatic hydroxyl groups is 1. The third-order valence-electron chi connectivity index (χ3n) is 6.46. The Morgan fingerprint density at radius 2 is 1.68 bits per heavy atom. The van der Waals surface area contributed by atoms with E-state index in [-0.39, 0.29) is 11.3 Å². The summed E-state index contributed by atoms with van der Waals surface area (Å²) in [5.41, 5.74) is 1.99. The van der Waals surface area contributed by atoms with E-state index in [1.54, 1.807) is 17.0 Å². The van der Waals surface area contributed by atoms with Gasteiger partial charge in [0, 0.05) is 12.1 Å². The highest BCUT2D eigenvalue weighted by Gasteiger charge is 2.46. The first-order valence-electron chi connectivity index (χ1n) is 12.8. The number of aliphatic hydroxyl groups excluding tert-OH is 1. The van der Waals surface area contributed by atoms with Crippen LogP contribution in [0.1, 0.15) is 36.1 Å². The van der Waals surface area contributed by atoms with Crippen molar-refractivity contribution in [2.75, 3.05) is 33.8 Å². The number of likely N-dealkylation sites (tertiary alicyclic amines) is 1. The Bertz CT molecular complexity index is 1330. The Morgan fingerprint density at radius 3 is 2.37 bits per heavy atom. The van der Waals surface area contributed by atoms with Crippen molar-refractivity contribution in [1.82, 2.24) is 9.80 Å². The summed E-state index contributed by atoms with van der Waals surface area (Å²) in [4.78, 5) is 30.3. The van der Waals surface area contributed by atoms with Gasteiger partial charge in [0.15, 0.2) is 0 Å². The van der Waals surface area contributed by atoms with Crippen molar-refractivity contribution in [3.05, 3.63) is 95.1 Å². The number of carbonyl (C=O) groups is 2. The van der Waals surface area contributed by atoms with Crippen LogP contribution in [0.4, 0.5) is 0 Å². The lowest BCUT2D eigenvalue weighted by Crippen LogP contribution is -2.32. The van der Waals surface area contributed by atoms with Crippen molar-refractivity contribution < 1.29 is 24.2 Å². The van der Waals surface area contributed by atoms with Gasteiger partial charge in [-0.15, -0.1) is 0 Å². The number of ether oxygens (including phenoxy) is 2. The van der Waals surface area contributed by atoms with Gasteiger partial charge in [0.1, 0.15) is 23.0 Å². The molecule has 0 radical (unpaired) electrons. The molecule has 38 heavy (non-hydrogen) atoms. The van der Waals surface area contributed by atoms with E-state index >= 15 is 0 Å². The van der Waals surface area contributed by atoms with E-state index in [4.69, 9.17) is 9.47 Å². The van der Waals surface area contributed by atoms with E-state index in [1.807, 2.05) is 93.5 Å². The Morgan fingerprint density at radius 1 is 0.947 bits per heavy atom. The van der Waals surface area contributed by atoms with Crippen LogP contribution in [0.15, 0.2) is 78.4 Å². The summed E-state index contributed by atoms with van der Waals surface area (Å²) >= 11 is 0. The fourth-order valence-electron chi connectivity index (χ4n) is 4.69. The predicted molar refractivity (Wildman–Crippen MR) is 147 cm³/mol. The molecule has 1 N–H and O–H groups in total. The first-order chi connectivity index (χ1) is 18.3. The predicted octanol–water partition coefficient (Wildman–Crippen LogP) is 5.56. The number of rotatable bonds is 10. The van der Waals surface area contributed by atoms with Crippen molar-refractivity contribution >= 4 is 17.4 Å². The highest BCUT2D eigenvalue weighted by Crippen LogP contribution is 2.41. The number of amides is 1. The maximum atomic E-state index is 13.4. The number of aryl methyl sites for hydroxylation is 1. The Labute approximate surface area is 223 Å². The summed E-state index contributed by atoms with van der Waals surface area (Å²) in [6.45, 7) is 5.38. The zero-order valence-corrected chi connectivity index (χ0v) is 22.3. The van der Waals surface area contributed by atoms with Gasteiger partial charge in [0.25, 0.3) is 11.7 Å². The standard InChI is InChI=1S/C31H34N2O5/c1-5-37-24-15-16-26(21(2)19-24)29(34)27-28(33(31(36)30(27)35)18-10-17-32(3)4)22-11-9-14-25(20-22)38-23-12-7-6-8-13-23/h6-9,11-16,19-20,28,34H,5,10,17-18H2,1-4H3/b29-27-. The van der Waals surface area contributed by atoms with Crippen molar-refractivity contribution in [3.63, 3.8) is 0 Å². The number of para-hydroxylation sites is 1. The molecule has 1 aliphatic heterocycles. The number of Topliss-reactive ketones (excluding diaryl/α,β-unsaturated/α-hetero) is 1. The largest absolute Gasteiger partial charge is 0.507 e. The smallest absolute Gasteiger partial charge is 0.295 e. The monoisotopic (exact) mass is 514 g/mol. The second-order valence-corrected chi connectivity index (χ2v) is 9.55. The molecule has 1 aliphatic rings. The van der Waals surface area contributed by atoms with Crippen LogP contribution >= 0.6 is 0 Å². The summed E-state index contributed by atoms with van der Waals surface area (Å²) < 4.78 is 11.6. The summed E-state index contributed by atoms with van der Waals surface area (Å²) in [5, 5.41) is 11.5. The zero-order chi connectivity index (χ0) is 27.2. The zero-order valence-electron chi connectivity index (χ0n) is 22.3. The van der Waals surface area contributed by atoms with Crippen LogP contribution in [0.2, 0.25) is 0 Å². The Balaban J connectivity index is 1.78. The van der Waals surface area contributed by atoms with E-state index in [0.29, 0.717) is 47.9 Å². The molecule has 1 amide bonds. The fraction of sp³-hybridized carbons (Fsp3) is 0.290. The average molecular weight is 515 g/mol. The summed E-state index contributed by atoms with van der Waals surface area (Å²) in [6.07, 6.45) is 0.679. The van der Waals surface area contributed by atoms with E-state index in [2.05, 4.69) is 0 Å². The molecule has 0 bridgehead atoms. The first-order valence-corrected chi connectivity index (χ1v) is 12.8. The maximum Gasteiger partial charge on any atom is 0.295 e. The molecule has 198 valence electrons. The van der Waals surface area contributed by atoms with Gasteiger partial charge in [-0.3, -0.25) is 9.59 Å². The summed E-state index contributed by atoms with van der Waals surface area (Å²) in [5.74, 6) is 0.416. The molecule has 1 atom stereocenters. The highest BCUT2D eigenvalue weighted by atomic mass is 16.5. The van der Waals surface area contributed by atoms with Crippen LogP contribution in [0, 0.1) is 6.92 Å². The Kier molecular flexibility index (Phi) is 8.48. The molecule has 4 rings (SSSR count). The van der Waals surface area contributed by atoms with Gasteiger partial charge < -0.3 is 24.4 Å². The molecule has 1 fully saturated rings. The lowest BCUT2D eigenvalue weighted by atomic mass is 9.93. The maximum absolute atomic E-state index is 13.4. The first kappa shape index (κ1) is 26.9. The minimum Gasteiger partial charge on any atom is -0.507 e. The van der Waals surface area contributed by atoms with Crippen LogP contribution in [0.25, 0.3) is 5.76 Å². The molecule has 7 nitrogen and oxygen atoms in total. The molecule has 0 aliphatic carbocycles. The molecule has 0 aromatic heterocycles. The fourth-order valence-corrected chi connectivity index (χ4v) is 4.69. The van der Waals surface area contributed by atoms with Gasteiger partial charge in [0.05, 0.1) is 18.2 Å². The second-order valence-electron chi connectivity index (χ2n) is 9.55. The SMILES string of the molecule is CCOc1ccc(/C(O)=C2/C(=O)C(=O)N(CCCN(C)C)C2c2cccc(Oc3ccccc3)c2)c(C)c1. The van der Waals surface area contributed by atoms with Crippen LogP contribution in [-0.2, 0) is 9.59 Å². The van der Waals surface area contributed by atoms with Crippen LogP contribution in [0.3, 0.4) is 0 Å². The molecule has 1 saturated heterocycles. The molecule has 3 aromatic carbocycles. The minimum absolute atomic E-state index is 0.0731. The molecular formula is C31H34N2O5. The van der Waals surface area contributed by atoms with Gasteiger partial charge in [-0.05, 0) is 94.5 Å². The van der Waals surface area contributed by atoms with E-state index in [9.17, 15) is 14.7 Å². The van der Waals surface area contributed by atoms with Crippen molar-refractivity contribution in [1.29, 1.82) is 0 Å². The molecule has 7 heteroatoms. The van der Waals surface area contributed by atoms with E-state index in [0.717, 1.165) is 12.1 Å². The van der Waals surface area contributed by atoms with Crippen molar-refractivity contribution in [3.8, 4) is 17.2 Å². The number of hydrogen-bond acceptors (Lipinski definition) is 6. The third kappa shape index (κ3) is 5.89. The second kappa shape index (κ2) is 12.0. The van der Waals surface area contributed by atoms with Gasteiger partial charge in [-0.25, -0.2) is 0 Å². The molecule has 0 spiro atoms. The summed E-state index contributed by atoms with van der Waals surface area (Å²) in [7, 11) is 3.93. The van der Waals surface area contributed by atoms with E-state index in [1.165, 1.54) is 0 Å². The minimum atomic E-state index is -0.748. The number of benzene rings is 3. The molecule has 0 saturated carbocycles. The average Bonchev–Trinajstić information content (AvgIpc) is 3.14. The van der Waals surface area contributed by atoms with Gasteiger partial charge in [0.2, 0.25) is 0 Å². The number of carbonyl (C=O) groups excluding carboxylic acids is 2. The Hall–Kier alpha value is -4.10. The van der Waals surface area contributed by atoms with Crippen molar-refractivity contribution in [2.45, 2.75) is 26.3 Å². The van der Waals surface area contributed by atoms with Crippen molar-refractivity contribution in [2.24, 2.45) is 0 Å². The van der Waals surface area contributed by atoms with Crippen LogP contribution < -0.4 is 9.47 Å². The number of nitrogens with zero attached hydrogens (tertiary/aromatic N) is 2. The molecule has 1 heterocycles. The highest BCUT2D eigenvalue weighted by molar-refractivity contribution is 6.46. The quantitative estimate of drug-likeness (QED) is 0.217. The molecule has 3 aromatic rings. The van der Waals surface area contributed by atoms with Gasteiger partial charge >= 0.3 is 0 Å². The normalized spacial score (nSPS) is 16.8. The molecule has 1 unspecified atom stereocenters. The summed E-state index contributed by atoms with van der Waals surface area (Å²) in [6, 6.07) is 21.3. The lowest BCUT2D eigenvalue weighted by molar-refractivity contribution is -0.139. The van der Waals surface area contributed by atoms with Gasteiger partial charge in [-0.2, -0.15) is 0 Å². The third-order valence-corrected chi connectivity index (χ3v) is 6.46. The lowest BCUT2D eigenvalue weighted by Gasteiger charge is -2.26. The van der Waals surface area contributed by atoms with E-state index < -0.39 is 17.7 Å². The number of hydrogen-bond donors (Lipinski definition) is 1. The topological polar surface area (TPSA) is 79.3 Å². The number of ketones is 1. The molecular weight excluding hydrogens is 480 g/mol. The van der Waals surface area contributed by atoms with Crippen LogP contribution in [0.5, 0.6) is 17.2 Å². The van der Waals surface area contributed by atoms with Gasteiger partial charge in [-0.1, -0.05) is 30.3 Å². The van der Waals surface area contributed by atoms with Crippen LogP contribution in [-0.4, -0.2) is 60.4 Å².